The SMILES string of the molecule is CC(C)(CCO)OCCN.CC(C)C. The van der Waals surface area contributed by atoms with Crippen LogP contribution in [0.1, 0.15) is 41.0 Å². The first kappa shape index (κ1) is 16.3. The van der Waals surface area contributed by atoms with Crippen LogP contribution in [0.25, 0.3) is 0 Å². The third kappa shape index (κ3) is 17.8. The van der Waals surface area contributed by atoms with E-state index >= 15 is 0 Å². The first-order valence-corrected chi connectivity index (χ1v) is 5.30. The first-order valence-electron chi connectivity index (χ1n) is 5.30. The van der Waals surface area contributed by atoms with E-state index in [4.69, 9.17) is 15.6 Å². The van der Waals surface area contributed by atoms with Crippen molar-refractivity contribution in [2.24, 2.45) is 11.7 Å². The van der Waals surface area contributed by atoms with E-state index in [9.17, 15) is 0 Å². The van der Waals surface area contributed by atoms with Gasteiger partial charge in [-0.15, -0.1) is 0 Å². The van der Waals surface area contributed by atoms with Crippen molar-refractivity contribution in [1.82, 2.24) is 0 Å². The lowest BCUT2D eigenvalue weighted by molar-refractivity contribution is -0.0285. The lowest BCUT2D eigenvalue weighted by Gasteiger charge is -2.23. The minimum atomic E-state index is -0.228. The second kappa shape index (κ2) is 9.44. The molecule has 0 amide bonds. The van der Waals surface area contributed by atoms with Crippen LogP contribution < -0.4 is 5.73 Å². The van der Waals surface area contributed by atoms with Crippen molar-refractivity contribution in [3.05, 3.63) is 0 Å². The summed E-state index contributed by atoms with van der Waals surface area (Å²) in [6.45, 7) is 11.6. The molecule has 0 radical (unpaired) electrons. The van der Waals surface area contributed by atoms with E-state index in [1.54, 1.807) is 0 Å². The zero-order valence-electron chi connectivity index (χ0n) is 10.3. The summed E-state index contributed by atoms with van der Waals surface area (Å²) in [5.41, 5.74) is 5.02. The number of aliphatic hydroxyl groups is 1. The van der Waals surface area contributed by atoms with Crippen molar-refractivity contribution in [2.45, 2.75) is 46.6 Å². The highest BCUT2D eigenvalue weighted by Gasteiger charge is 2.16. The number of nitrogens with two attached hydrogens (primary N) is 1. The third-order valence-corrected chi connectivity index (χ3v) is 1.32. The fourth-order valence-electron chi connectivity index (χ4n) is 0.677. The van der Waals surface area contributed by atoms with Gasteiger partial charge in [-0.1, -0.05) is 20.8 Å². The van der Waals surface area contributed by atoms with E-state index in [-0.39, 0.29) is 12.2 Å². The molecule has 88 valence electrons. The topological polar surface area (TPSA) is 55.5 Å². The lowest BCUT2D eigenvalue weighted by Crippen LogP contribution is -2.28. The molecule has 0 spiro atoms. The van der Waals surface area contributed by atoms with Crippen LogP contribution in [0, 0.1) is 5.92 Å². The van der Waals surface area contributed by atoms with Crippen LogP contribution in [-0.4, -0.2) is 30.5 Å². The van der Waals surface area contributed by atoms with Crippen molar-refractivity contribution < 1.29 is 9.84 Å². The predicted molar refractivity (Wildman–Crippen MR) is 61.3 cm³/mol. The first-order chi connectivity index (χ1) is 6.35. The summed E-state index contributed by atoms with van der Waals surface area (Å²) in [5, 5.41) is 8.59. The van der Waals surface area contributed by atoms with Gasteiger partial charge in [-0.25, -0.2) is 0 Å². The van der Waals surface area contributed by atoms with Gasteiger partial charge in [-0.2, -0.15) is 0 Å². The van der Waals surface area contributed by atoms with E-state index in [2.05, 4.69) is 20.8 Å². The summed E-state index contributed by atoms with van der Waals surface area (Å²) in [6.07, 6.45) is 0.660. The highest BCUT2D eigenvalue weighted by Crippen LogP contribution is 2.12. The maximum atomic E-state index is 8.59. The van der Waals surface area contributed by atoms with Gasteiger partial charge in [0.05, 0.1) is 12.2 Å². The second-order valence-corrected chi connectivity index (χ2v) is 4.60. The third-order valence-electron chi connectivity index (χ3n) is 1.32. The largest absolute Gasteiger partial charge is 0.396 e. The Morgan fingerprint density at radius 2 is 1.71 bits per heavy atom. The van der Waals surface area contributed by atoms with Gasteiger partial charge >= 0.3 is 0 Å². The quantitative estimate of drug-likeness (QED) is 0.719. The van der Waals surface area contributed by atoms with E-state index in [0.29, 0.717) is 19.6 Å². The van der Waals surface area contributed by atoms with Gasteiger partial charge in [-0.05, 0) is 26.2 Å². The average Bonchev–Trinajstić information content (AvgIpc) is 2.00. The van der Waals surface area contributed by atoms with E-state index in [0.717, 1.165) is 5.92 Å². The normalized spacial score (nSPS) is 11.1. The van der Waals surface area contributed by atoms with Crippen LogP contribution in [0.4, 0.5) is 0 Å². The predicted octanol–water partition coefficient (Wildman–Crippen LogP) is 1.78. The molecular formula is C11H27NO2. The smallest absolute Gasteiger partial charge is 0.0649 e. The zero-order chi connectivity index (χ0) is 11.6. The summed E-state index contributed by atoms with van der Waals surface area (Å²) in [4.78, 5) is 0. The van der Waals surface area contributed by atoms with Crippen LogP contribution in [-0.2, 0) is 4.74 Å². The molecule has 0 aliphatic carbocycles. The molecule has 3 heteroatoms. The average molecular weight is 205 g/mol. The molecule has 0 aromatic heterocycles. The molecule has 0 rings (SSSR count). The van der Waals surface area contributed by atoms with E-state index < -0.39 is 0 Å². The molecular weight excluding hydrogens is 178 g/mol. The molecule has 0 unspecified atom stereocenters. The molecule has 3 N–H and O–H groups in total. The maximum absolute atomic E-state index is 8.59. The zero-order valence-corrected chi connectivity index (χ0v) is 10.3. The minimum absolute atomic E-state index is 0.164. The van der Waals surface area contributed by atoms with E-state index in [1.807, 2.05) is 13.8 Å². The minimum Gasteiger partial charge on any atom is -0.396 e. The Kier molecular flexibility index (Phi) is 11.0. The Hall–Kier alpha value is -0.120. The number of aliphatic hydroxyl groups excluding tert-OH is 1. The van der Waals surface area contributed by atoms with Gasteiger partial charge in [0.2, 0.25) is 0 Å². The fraction of sp³-hybridized carbons (Fsp3) is 1.00. The van der Waals surface area contributed by atoms with Crippen LogP contribution in [0.15, 0.2) is 0 Å². The highest BCUT2D eigenvalue weighted by atomic mass is 16.5. The van der Waals surface area contributed by atoms with Crippen molar-refractivity contribution in [1.29, 1.82) is 0 Å². The van der Waals surface area contributed by atoms with Crippen molar-refractivity contribution >= 4 is 0 Å². The maximum Gasteiger partial charge on any atom is 0.0649 e. The highest BCUT2D eigenvalue weighted by molar-refractivity contribution is 4.67. The molecule has 0 fully saturated rings. The monoisotopic (exact) mass is 205 g/mol. The Morgan fingerprint density at radius 3 is 2.00 bits per heavy atom. The summed E-state index contributed by atoms with van der Waals surface area (Å²) < 4.78 is 5.33. The Bertz CT molecular complexity index is 111. The molecule has 0 saturated carbocycles. The van der Waals surface area contributed by atoms with Crippen molar-refractivity contribution in [3.63, 3.8) is 0 Å². The van der Waals surface area contributed by atoms with Gasteiger partial charge in [0.15, 0.2) is 0 Å². The Labute approximate surface area is 88.6 Å². The molecule has 0 aliphatic heterocycles. The van der Waals surface area contributed by atoms with Crippen LogP contribution >= 0.6 is 0 Å². The van der Waals surface area contributed by atoms with Crippen molar-refractivity contribution in [3.8, 4) is 0 Å². The number of hydrogen-bond donors (Lipinski definition) is 2. The summed E-state index contributed by atoms with van der Waals surface area (Å²) >= 11 is 0. The van der Waals surface area contributed by atoms with Gasteiger partial charge in [0, 0.05) is 13.2 Å². The molecule has 0 bridgehead atoms. The lowest BCUT2D eigenvalue weighted by atomic mass is 10.1. The van der Waals surface area contributed by atoms with Gasteiger partial charge in [-0.3, -0.25) is 0 Å². The number of rotatable bonds is 5. The Balaban J connectivity index is 0. The molecule has 3 nitrogen and oxygen atoms in total. The fourth-order valence-corrected chi connectivity index (χ4v) is 0.677. The molecule has 0 aromatic rings. The van der Waals surface area contributed by atoms with Gasteiger partial charge < -0.3 is 15.6 Å². The van der Waals surface area contributed by atoms with Crippen LogP contribution in [0.5, 0.6) is 0 Å². The molecule has 0 aromatic carbocycles. The van der Waals surface area contributed by atoms with E-state index in [1.165, 1.54) is 0 Å². The van der Waals surface area contributed by atoms with Crippen LogP contribution in [0.3, 0.4) is 0 Å². The van der Waals surface area contributed by atoms with Crippen LogP contribution in [0.2, 0.25) is 0 Å². The standard InChI is InChI=1S/C7H17NO2.C4H10/c1-7(2,3-5-9)10-6-4-8;1-4(2)3/h9H,3-6,8H2,1-2H3;4H,1-3H3. The van der Waals surface area contributed by atoms with Crippen molar-refractivity contribution in [2.75, 3.05) is 19.8 Å². The second-order valence-electron chi connectivity index (χ2n) is 4.60. The Morgan fingerprint density at radius 1 is 1.29 bits per heavy atom. The molecule has 0 atom stereocenters. The molecule has 0 saturated heterocycles. The number of hydrogen-bond acceptors (Lipinski definition) is 3. The molecule has 14 heavy (non-hydrogen) atoms. The summed E-state index contributed by atoms with van der Waals surface area (Å²) in [5.74, 6) is 0.833. The summed E-state index contributed by atoms with van der Waals surface area (Å²) in [7, 11) is 0. The number of ether oxygens (including phenoxy) is 1. The van der Waals surface area contributed by atoms with Gasteiger partial charge in [0.1, 0.15) is 0 Å². The van der Waals surface area contributed by atoms with Gasteiger partial charge in [0.25, 0.3) is 0 Å². The molecule has 0 aliphatic rings. The molecule has 0 heterocycles. The summed E-state index contributed by atoms with van der Waals surface area (Å²) in [6, 6.07) is 0.